The Kier molecular flexibility index (Phi) is 2.69. The summed E-state index contributed by atoms with van der Waals surface area (Å²) in [7, 11) is 0. The molecule has 0 fully saturated rings. The highest BCUT2D eigenvalue weighted by Crippen LogP contribution is 2.37. The van der Waals surface area contributed by atoms with Gasteiger partial charge in [-0.2, -0.15) is 0 Å². The maximum absolute atomic E-state index is 4.76. The van der Waals surface area contributed by atoms with Crippen LogP contribution in [0.25, 0.3) is 9.88 Å². The third kappa shape index (κ3) is 1.87. The molecule has 0 amide bonds. The predicted octanol–water partition coefficient (Wildman–Crippen LogP) is 3.93. The quantitative estimate of drug-likeness (QED) is 0.829. The molecule has 0 saturated carbocycles. The molecule has 3 heterocycles. The Morgan fingerprint density at radius 3 is 3.00 bits per heavy atom. The van der Waals surface area contributed by atoms with Crippen LogP contribution in [-0.2, 0) is 6.42 Å². The second-order valence-electron chi connectivity index (χ2n) is 4.09. The summed E-state index contributed by atoms with van der Waals surface area (Å²) >= 11 is 3.63. The van der Waals surface area contributed by atoms with Gasteiger partial charge < -0.3 is 5.32 Å². The van der Waals surface area contributed by atoms with Gasteiger partial charge in [0.15, 0.2) is 0 Å². The molecule has 1 aliphatic rings. The average molecular weight is 250 g/mol. The van der Waals surface area contributed by atoms with Crippen LogP contribution in [0.3, 0.4) is 0 Å². The molecule has 84 valence electrons. The van der Waals surface area contributed by atoms with Crippen molar-refractivity contribution in [2.24, 2.45) is 0 Å². The van der Waals surface area contributed by atoms with Crippen molar-refractivity contribution in [3.05, 3.63) is 22.7 Å². The van der Waals surface area contributed by atoms with Crippen LogP contribution in [-0.4, -0.2) is 11.5 Å². The predicted molar refractivity (Wildman–Crippen MR) is 71.6 cm³/mol. The van der Waals surface area contributed by atoms with Gasteiger partial charge in [0.05, 0.1) is 10.6 Å². The standard InChI is InChI=1S/C12H14N2S2/c1-8-5-6-10(15-8)12-14-9-4-2-3-7-13-11(9)16-12/h5-6,13H,2-4,7H2,1H3. The van der Waals surface area contributed by atoms with Gasteiger partial charge in [-0.3, -0.25) is 0 Å². The molecule has 1 aliphatic heterocycles. The second-order valence-corrected chi connectivity index (χ2v) is 6.38. The first-order chi connectivity index (χ1) is 7.83. The SMILES string of the molecule is Cc1ccc(-c2nc3c(s2)NCCCC3)s1. The van der Waals surface area contributed by atoms with E-state index in [4.69, 9.17) is 4.98 Å². The van der Waals surface area contributed by atoms with Crippen molar-refractivity contribution in [3.8, 4) is 9.88 Å². The lowest BCUT2D eigenvalue weighted by atomic mass is 10.2. The first-order valence-electron chi connectivity index (χ1n) is 5.63. The number of aromatic nitrogens is 1. The minimum atomic E-state index is 1.10. The Bertz CT molecular complexity index is 475. The Morgan fingerprint density at radius 2 is 2.19 bits per heavy atom. The highest BCUT2D eigenvalue weighted by Gasteiger charge is 2.15. The van der Waals surface area contributed by atoms with Crippen molar-refractivity contribution < 1.29 is 0 Å². The Balaban J connectivity index is 1.98. The lowest BCUT2D eigenvalue weighted by molar-refractivity contribution is 0.775. The largest absolute Gasteiger partial charge is 0.375 e. The number of fused-ring (bicyclic) bond motifs is 1. The summed E-state index contributed by atoms with van der Waals surface area (Å²) in [4.78, 5) is 7.42. The Morgan fingerprint density at radius 1 is 1.25 bits per heavy atom. The summed E-state index contributed by atoms with van der Waals surface area (Å²) in [5.74, 6) is 0. The number of hydrogen-bond donors (Lipinski definition) is 1. The average Bonchev–Trinajstić information content (AvgIpc) is 2.81. The first kappa shape index (κ1) is 10.3. The molecular formula is C12H14N2S2. The molecular weight excluding hydrogens is 236 g/mol. The van der Waals surface area contributed by atoms with Gasteiger partial charge in [0.2, 0.25) is 0 Å². The highest BCUT2D eigenvalue weighted by molar-refractivity contribution is 7.23. The Hall–Kier alpha value is -0.870. The van der Waals surface area contributed by atoms with Gasteiger partial charge in [-0.05, 0) is 38.3 Å². The van der Waals surface area contributed by atoms with Crippen molar-refractivity contribution in [2.45, 2.75) is 26.2 Å². The molecule has 3 rings (SSSR count). The van der Waals surface area contributed by atoms with Crippen molar-refractivity contribution in [2.75, 3.05) is 11.9 Å². The molecule has 0 unspecified atom stereocenters. The van der Waals surface area contributed by atoms with Gasteiger partial charge in [-0.25, -0.2) is 4.98 Å². The molecule has 2 nitrogen and oxygen atoms in total. The summed E-state index contributed by atoms with van der Waals surface area (Å²) in [6, 6.07) is 4.35. The zero-order valence-electron chi connectivity index (χ0n) is 9.25. The molecule has 0 spiro atoms. The van der Waals surface area contributed by atoms with E-state index in [9.17, 15) is 0 Å². The van der Waals surface area contributed by atoms with E-state index < -0.39 is 0 Å². The highest BCUT2D eigenvalue weighted by atomic mass is 32.1. The number of aryl methyl sites for hydroxylation is 2. The van der Waals surface area contributed by atoms with E-state index in [0.717, 1.165) is 13.0 Å². The number of thiophene rings is 1. The molecule has 16 heavy (non-hydrogen) atoms. The van der Waals surface area contributed by atoms with E-state index in [-0.39, 0.29) is 0 Å². The first-order valence-corrected chi connectivity index (χ1v) is 7.26. The minimum Gasteiger partial charge on any atom is -0.375 e. The number of anilines is 1. The van der Waals surface area contributed by atoms with E-state index in [1.807, 2.05) is 11.3 Å². The van der Waals surface area contributed by atoms with Crippen LogP contribution in [0.4, 0.5) is 5.00 Å². The molecule has 2 aromatic heterocycles. The normalized spacial score (nSPS) is 15.3. The second kappa shape index (κ2) is 4.18. The fraction of sp³-hybridized carbons (Fsp3) is 0.417. The lowest BCUT2D eigenvalue weighted by Gasteiger charge is -1.96. The maximum atomic E-state index is 4.76. The molecule has 0 bridgehead atoms. The number of nitrogens with zero attached hydrogens (tertiary/aromatic N) is 1. The fourth-order valence-electron chi connectivity index (χ4n) is 1.93. The molecule has 0 atom stereocenters. The lowest BCUT2D eigenvalue weighted by Crippen LogP contribution is -1.96. The van der Waals surface area contributed by atoms with E-state index in [1.165, 1.54) is 38.3 Å². The zero-order valence-corrected chi connectivity index (χ0v) is 10.9. The van der Waals surface area contributed by atoms with Crippen molar-refractivity contribution in [1.82, 2.24) is 4.98 Å². The smallest absolute Gasteiger partial charge is 0.135 e. The Labute approximate surface area is 103 Å². The van der Waals surface area contributed by atoms with Crippen LogP contribution in [0.5, 0.6) is 0 Å². The molecule has 0 saturated heterocycles. The van der Waals surface area contributed by atoms with Gasteiger partial charge in [0.25, 0.3) is 0 Å². The van der Waals surface area contributed by atoms with Crippen molar-refractivity contribution >= 4 is 27.7 Å². The van der Waals surface area contributed by atoms with Crippen LogP contribution in [0.15, 0.2) is 12.1 Å². The topological polar surface area (TPSA) is 24.9 Å². The molecule has 1 N–H and O–H groups in total. The van der Waals surface area contributed by atoms with E-state index in [2.05, 4.69) is 24.4 Å². The summed E-state index contributed by atoms with van der Waals surface area (Å²) in [5.41, 5.74) is 1.27. The van der Waals surface area contributed by atoms with Gasteiger partial charge in [-0.1, -0.05) is 11.3 Å². The maximum Gasteiger partial charge on any atom is 0.135 e. The summed E-state index contributed by atoms with van der Waals surface area (Å²) in [6.45, 7) is 3.24. The monoisotopic (exact) mass is 250 g/mol. The van der Waals surface area contributed by atoms with Crippen LogP contribution >= 0.6 is 22.7 Å². The van der Waals surface area contributed by atoms with Gasteiger partial charge in [0, 0.05) is 11.4 Å². The molecule has 0 radical (unpaired) electrons. The summed E-state index contributed by atoms with van der Waals surface area (Å²) in [6.07, 6.45) is 3.65. The van der Waals surface area contributed by atoms with Gasteiger partial charge in [0.1, 0.15) is 10.0 Å². The number of hydrogen-bond acceptors (Lipinski definition) is 4. The number of thiazole rings is 1. The summed E-state index contributed by atoms with van der Waals surface area (Å²) in [5, 5.41) is 5.95. The van der Waals surface area contributed by atoms with Gasteiger partial charge in [-0.15, -0.1) is 11.3 Å². The van der Waals surface area contributed by atoms with Gasteiger partial charge >= 0.3 is 0 Å². The third-order valence-corrected chi connectivity index (χ3v) is 5.00. The van der Waals surface area contributed by atoms with E-state index >= 15 is 0 Å². The third-order valence-electron chi connectivity index (χ3n) is 2.77. The fourth-order valence-corrected chi connectivity index (χ4v) is 3.89. The van der Waals surface area contributed by atoms with E-state index in [0.29, 0.717) is 0 Å². The van der Waals surface area contributed by atoms with Crippen LogP contribution < -0.4 is 5.32 Å². The summed E-state index contributed by atoms with van der Waals surface area (Å²) < 4.78 is 0. The van der Waals surface area contributed by atoms with Crippen molar-refractivity contribution in [1.29, 1.82) is 0 Å². The van der Waals surface area contributed by atoms with Crippen LogP contribution in [0, 0.1) is 6.92 Å². The minimum absolute atomic E-state index is 1.10. The number of nitrogens with one attached hydrogen (secondary N) is 1. The molecule has 2 aromatic rings. The number of rotatable bonds is 1. The van der Waals surface area contributed by atoms with Crippen LogP contribution in [0.2, 0.25) is 0 Å². The van der Waals surface area contributed by atoms with E-state index in [1.54, 1.807) is 11.3 Å². The zero-order chi connectivity index (χ0) is 11.0. The molecule has 0 aromatic carbocycles. The van der Waals surface area contributed by atoms with Crippen molar-refractivity contribution in [3.63, 3.8) is 0 Å². The molecule has 0 aliphatic carbocycles. The van der Waals surface area contributed by atoms with Crippen LogP contribution in [0.1, 0.15) is 23.4 Å². The molecule has 4 heteroatoms.